The smallest absolute Gasteiger partial charge is 0.137 e. The van der Waals surface area contributed by atoms with E-state index in [1.165, 1.54) is 18.9 Å². The van der Waals surface area contributed by atoms with Gasteiger partial charge in [-0.2, -0.15) is 0 Å². The van der Waals surface area contributed by atoms with Gasteiger partial charge in [-0.3, -0.25) is 4.90 Å². The molecule has 19 heavy (non-hydrogen) atoms. The van der Waals surface area contributed by atoms with Gasteiger partial charge in [0.05, 0.1) is 10.0 Å². The lowest BCUT2D eigenvalue weighted by Gasteiger charge is -2.30. The van der Waals surface area contributed by atoms with Crippen molar-refractivity contribution in [3.63, 3.8) is 0 Å². The largest absolute Gasteiger partial charge is 0.377 e. The van der Waals surface area contributed by atoms with Gasteiger partial charge in [0.2, 0.25) is 0 Å². The monoisotopic (exact) mass is 327 g/mol. The number of nitrogens with two attached hydrogens (primary N) is 1. The average Bonchev–Trinajstić information content (AvgIpc) is 3.17. The molecule has 1 heterocycles. The average molecular weight is 328 g/mol. The summed E-state index contributed by atoms with van der Waals surface area (Å²) in [5.74, 6) is -0.238. The predicted octanol–water partition coefficient (Wildman–Crippen LogP) is 2.57. The molecule has 3 N–H and O–H groups in total. The maximum Gasteiger partial charge on any atom is 0.137 e. The van der Waals surface area contributed by atoms with E-state index in [0.29, 0.717) is 11.0 Å². The lowest BCUT2D eigenvalue weighted by Crippen LogP contribution is -2.48. The minimum absolute atomic E-state index is 0.0696. The first-order valence-electron chi connectivity index (χ1n) is 6.79. The summed E-state index contributed by atoms with van der Waals surface area (Å²) in [5.41, 5.74) is 6.85. The Bertz CT molecular complexity index is 478. The molecule has 2 fully saturated rings. The first-order valence-corrected chi connectivity index (χ1v) is 7.59. The van der Waals surface area contributed by atoms with E-state index in [0.717, 1.165) is 31.2 Å². The van der Waals surface area contributed by atoms with Crippen molar-refractivity contribution in [2.75, 3.05) is 25.0 Å². The molecule has 5 heteroatoms. The van der Waals surface area contributed by atoms with Crippen LogP contribution in [0.25, 0.3) is 0 Å². The second-order valence-corrected chi connectivity index (χ2v) is 6.54. The van der Waals surface area contributed by atoms with Crippen molar-refractivity contribution in [2.45, 2.75) is 30.8 Å². The third-order valence-corrected chi connectivity index (χ3v) is 4.77. The van der Waals surface area contributed by atoms with Crippen LogP contribution >= 0.6 is 15.9 Å². The molecule has 2 aliphatic rings. The zero-order chi connectivity index (χ0) is 13.5. The van der Waals surface area contributed by atoms with E-state index >= 15 is 0 Å². The SMILES string of the molecule is NCC1(Nc2ccc(F)c(Br)c2)CCN(C2CC2)C1. The number of halogens is 2. The lowest BCUT2D eigenvalue weighted by atomic mass is 9.98. The van der Waals surface area contributed by atoms with E-state index in [-0.39, 0.29) is 11.4 Å². The summed E-state index contributed by atoms with van der Waals surface area (Å²) < 4.78 is 13.7. The number of benzene rings is 1. The van der Waals surface area contributed by atoms with E-state index < -0.39 is 0 Å². The van der Waals surface area contributed by atoms with Crippen LogP contribution in [0.15, 0.2) is 22.7 Å². The van der Waals surface area contributed by atoms with Gasteiger partial charge in [-0.1, -0.05) is 0 Å². The zero-order valence-corrected chi connectivity index (χ0v) is 12.4. The van der Waals surface area contributed by atoms with Crippen molar-refractivity contribution < 1.29 is 4.39 Å². The number of nitrogens with zero attached hydrogens (tertiary/aromatic N) is 1. The number of hydrogen-bond donors (Lipinski definition) is 2. The highest BCUT2D eigenvalue weighted by atomic mass is 79.9. The summed E-state index contributed by atoms with van der Waals surface area (Å²) in [4.78, 5) is 2.53. The van der Waals surface area contributed by atoms with Crippen LogP contribution in [0.1, 0.15) is 19.3 Å². The molecule has 1 saturated heterocycles. The van der Waals surface area contributed by atoms with Gasteiger partial charge in [0.25, 0.3) is 0 Å². The van der Waals surface area contributed by atoms with Crippen molar-refractivity contribution in [1.82, 2.24) is 4.90 Å². The van der Waals surface area contributed by atoms with Gasteiger partial charge < -0.3 is 11.1 Å². The second kappa shape index (κ2) is 5.04. The maximum atomic E-state index is 13.3. The Morgan fingerprint density at radius 3 is 2.89 bits per heavy atom. The number of nitrogens with one attached hydrogen (secondary N) is 1. The summed E-state index contributed by atoms with van der Waals surface area (Å²) in [6.07, 6.45) is 3.69. The number of hydrogen-bond acceptors (Lipinski definition) is 3. The van der Waals surface area contributed by atoms with Crippen LogP contribution in [0.5, 0.6) is 0 Å². The molecule has 1 saturated carbocycles. The Labute approximate surface area is 121 Å². The van der Waals surface area contributed by atoms with Crippen LogP contribution in [0.2, 0.25) is 0 Å². The Morgan fingerprint density at radius 1 is 1.47 bits per heavy atom. The highest BCUT2D eigenvalue weighted by Gasteiger charge is 2.42. The molecule has 0 bridgehead atoms. The van der Waals surface area contributed by atoms with E-state index in [1.807, 2.05) is 0 Å². The summed E-state index contributed by atoms with van der Waals surface area (Å²) in [6.45, 7) is 2.70. The van der Waals surface area contributed by atoms with Crippen LogP contribution in [0.4, 0.5) is 10.1 Å². The number of likely N-dealkylation sites (tertiary alicyclic amines) is 1. The highest BCUT2D eigenvalue weighted by Crippen LogP contribution is 2.35. The van der Waals surface area contributed by atoms with Gasteiger partial charge in [0.15, 0.2) is 0 Å². The third kappa shape index (κ3) is 2.78. The Balaban J connectivity index is 1.73. The molecule has 3 nitrogen and oxygen atoms in total. The maximum absolute atomic E-state index is 13.3. The van der Waals surface area contributed by atoms with E-state index in [4.69, 9.17) is 5.73 Å². The molecule has 1 atom stereocenters. The zero-order valence-electron chi connectivity index (χ0n) is 10.8. The van der Waals surface area contributed by atoms with E-state index in [1.54, 1.807) is 12.1 Å². The standard InChI is InChI=1S/C14H19BrFN3/c15-12-7-10(1-4-13(12)16)18-14(8-17)5-6-19(9-14)11-2-3-11/h1,4,7,11,18H,2-3,5-6,8-9,17H2. The van der Waals surface area contributed by atoms with Gasteiger partial charge in [-0.25, -0.2) is 4.39 Å². The first-order chi connectivity index (χ1) is 9.12. The van der Waals surface area contributed by atoms with Crippen molar-refractivity contribution in [3.8, 4) is 0 Å². The molecule has 0 amide bonds. The van der Waals surface area contributed by atoms with E-state index in [2.05, 4.69) is 26.1 Å². The molecule has 1 unspecified atom stereocenters. The highest BCUT2D eigenvalue weighted by molar-refractivity contribution is 9.10. The summed E-state index contributed by atoms with van der Waals surface area (Å²) in [6, 6.07) is 5.81. The molecule has 0 aromatic heterocycles. The van der Waals surface area contributed by atoms with Crippen molar-refractivity contribution in [2.24, 2.45) is 5.73 Å². The molecule has 104 valence electrons. The number of rotatable bonds is 4. The molecule has 1 aromatic rings. The predicted molar refractivity (Wildman–Crippen MR) is 78.7 cm³/mol. The summed E-state index contributed by atoms with van der Waals surface area (Å²) >= 11 is 3.22. The third-order valence-electron chi connectivity index (χ3n) is 4.17. The molecular weight excluding hydrogens is 309 g/mol. The van der Waals surface area contributed by atoms with Gasteiger partial charge >= 0.3 is 0 Å². The molecule has 3 rings (SSSR count). The minimum Gasteiger partial charge on any atom is -0.377 e. The molecule has 0 radical (unpaired) electrons. The molecule has 1 aliphatic heterocycles. The Kier molecular flexibility index (Phi) is 3.53. The van der Waals surface area contributed by atoms with Gasteiger partial charge in [-0.15, -0.1) is 0 Å². The summed E-state index contributed by atoms with van der Waals surface area (Å²) in [7, 11) is 0. The van der Waals surface area contributed by atoms with Gasteiger partial charge in [-0.05, 0) is 53.4 Å². The fraction of sp³-hybridized carbons (Fsp3) is 0.571. The molecular formula is C14H19BrFN3. The lowest BCUT2D eigenvalue weighted by molar-refractivity contribution is 0.309. The van der Waals surface area contributed by atoms with Gasteiger partial charge in [0.1, 0.15) is 5.82 Å². The first kappa shape index (κ1) is 13.3. The second-order valence-electron chi connectivity index (χ2n) is 5.69. The normalized spacial score (nSPS) is 27.7. The fourth-order valence-electron chi connectivity index (χ4n) is 2.86. The summed E-state index contributed by atoms with van der Waals surface area (Å²) in [5, 5.41) is 3.52. The topological polar surface area (TPSA) is 41.3 Å². The molecule has 0 spiro atoms. The molecule has 1 aliphatic carbocycles. The van der Waals surface area contributed by atoms with E-state index in [9.17, 15) is 4.39 Å². The fourth-order valence-corrected chi connectivity index (χ4v) is 3.23. The molecule has 1 aromatic carbocycles. The van der Waals surface area contributed by atoms with Crippen molar-refractivity contribution >= 4 is 21.6 Å². The van der Waals surface area contributed by atoms with Crippen molar-refractivity contribution in [1.29, 1.82) is 0 Å². The quantitative estimate of drug-likeness (QED) is 0.893. The van der Waals surface area contributed by atoms with Crippen LogP contribution in [0, 0.1) is 5.82 Å². The van der Waals surface area contributed by atoms with Crippen LogP contribution in [0.3, 0.4) is 0 Å². The van der Waals surface area contributed by atoms with Crippen molar-refractivity contribution in [3.05, 3.63) is 28.5 Å². The number of anilines is 1. The minimum atomic E-state index is -0.238. The van der Waals surface area contributed by atoms with Crippen LogP contribution in [-0.4, -0.2) is 36.1 Å². The van der Waals surface area contributed by atoms with Gasteiger partial charge in [0, 0.05) is 31.4 Å². The Morgan fingerprint density at radius 2 is 2.26 bits per heavy atom. The van der Waals surface area contributed by atoms with Crippen LogP contribution < -0.4 is 11.1 Å². The van der Waals surface area contributed by atoms with Crippen LogP contribution in [-0.2, 0) is 0 Å². The Hall–Kier alpha value is -0.650.